The van der Waals surface area contributed by atoms with Crippen LogP contribution in [0.4, 0.5) is 0 Å². The van der Waals surface area contributed by atoms with Crippen molar-refractivity contribution in [1.29, 1.82) is 0 Å². The van der Waals surface area contributed by atoms with Crippen molar-refractivity contribution in [2.45, 2.75) is 179 Å². The largest absolute Gasteiger partial charge is 0.477 e. The van der Waals surface area contributed by atoms with Crippen LogP contribution in [-0.4, -0.2) is 293 Å². The second-order valence-electron chi connectivity index (χ2n) is 17.5. The van der Waals surface area contributed by atoms with Crippen molar-refractivity contribution in [3.63, 3.8) is 0 Å². The highest BCUT2D eigenvalue weighted by atomic mass is 16.8. The summed E-state index contributed by atoms with van der Waals surface area (Å²) in [6, 6.07) is -4.68. The van der Waals surface area contributed by atoms with Gasteiger partial charge in [-0.15, -0.1) is 6.42 Å². The molecule has 5 saturated heterocycles. The van der Waals surface area contributed by atoms with Crippen LogP contribution in [0.15, 0.2) is 0 Å². The Balaban J connectivity index is 1.34. The normalized spacial score (nSPS) is 45.0. The van der Waals surface area contributed by atoms with Crippen LogP contribution in [0.5, 0.6) is 0 Å². The summed E-state index contributed by atoms with van der Waals surface area (Å²) in [5, 5.41) is 165. The number of carboxylic acid groups (broad SMARTS) is 1. The summed E-state index contributed by atoms with van der Waals surface area (Å²) in [6.07, 6.45) is -37.3. The molecule has 408 valence electrons. The lowest BCUT2D eigenvalue weighted by Gasteiger charge is -2.50. The van der Waals surface area contributed by atoms with Crippen LogP contribution in [-0.2, 0) is 61.8 Å². The summed E-state index contributed by atoms with van der Waals surface area (Å²) in [5.74, 6) is -4.33. The average molecular weight is 1040 g/mol. The molecule has 0 saturated carbocycles. The summed E-state index contributed by atoms with van der Waals surface area (Å²) < 4.78 is 56.7. The minimum Gasteiger partial charge on any atom is -0.477 e. The van der Waals surface area contributed by atoms with Crippen molar-refractivity contribution in [2.75, 3.05) is 39.6 Å². The fourth-order valence-electron chi connectivity index (χ4n) is 8.73. The Bertz CT molecular complexity index is 1790. The first-order chi connectivity index (χ1) is 33.5. The number of nitrogens with one attached hydrogen (secondary N) is 2. The molecule has 5 fully saturated rings. The number of amides is 2. The molecule has 0 bridgehead atoms. The molecule has 5 rings (SSSR count). The lowest BCUT2D eigenvalue weighted by Crippen LogP contribution is -2.70. The van der Waals surface area contributed by atoms with Gasteiger partial charge >= 0.3 is 5.97 Å². The molecule has 0 aromatic rings. The van der Waals surface area contributed by atoms with E-state index in [0.29, 0.717) is 0 Å². The van der Waals surface area contributed by atoms with E-state index >= 15 is 0 Å². The maximum atomic E-state index is 12.7. The first-order valence-corrected chi connectivity index (χ1v) is 22.2. The molecule has 0 aromatic heterocycles. The van der Waals surface area contributed by atoms with Crippen molar-refractivity contribution in [2.24, 2.45) is 5.73 Å². The molecule has 0 radical (unpaired) electrons. The molecule has 5 aliphatic rings. The van der Waals surface area contributed by atoms with Crippen LogP contribution in [0, 0.1) is 12.3 Å². The molecule has 0 unspecified atom stereocenters. The molecule has 26 atom stereocenters. The smallest absolute Gasteiger partial charge is 0.364 e. The number of aliphatic hydroxyl groups excluding tert-OH is 14. The zero-order valence-electron chi connectivity index (χ0n) is 38.1. The maximum Gasteiger partial charge on any atom is 0.364 e. The standard InChI is InChI=1S/C40H65N3O28/c1-4-5-62-35-20(41)26(55)31(17(9-46)65-35)68-38-30(59)34(25(54)16(8-45)64-38)70-36-22(43-13(3)49)27(56)32(18(10-47)66-36)69-37-29(58)28(57)24(53)19(67-37)11-63-40(39(60)61)6-14(50)21(42-12(2)48)33(71-40)23(52)15(51)7-44/h1,14-38,44-47,50-59H,5-11,41H2,2-3H3,(H,42,48)(H,43,49)(H,60,61)/t14-,15+,16+,17+,18+,19+,20+,21+,22+,23+,24-,25-,26+,27+,28-,29+,30+,31+,32+,33+,34-,35+,36-,37-,38-,40+/m0/s1. The summed E-state index contributed by atoms with van der Waals surface area (Å²) in [5.41, 5.74) is 6.07. The molecule has 2 amide bonds. The number of aliphatic hydroxyl groups is 14. The molecule has 31 heteroatoms. The van der Waals surface area contributed by atoms with E-state index in [0.717, 1.165) is 13.8 Å². The second-order valence-corrected chi connectivity index (χ2v) is 17.5. The fraction of sp³-hybridized carbons (Fsp3) is 0.875. The van der Waals surface area contributed by atoms with Crippen molar-refractivity contribution in [1.82, 2.24) is 10.6 Å². The highest BCUT2D eigenvalue weighted by molar-refractivity contribution is 5.76. The maximum absolute atomic E-state index is 12.7. The molecular formula is C40H65N3O28. The number of terminal acetylenes is 1. The predicted molar refractivity (Wildman–Crippen MR) is 221 cm³/mol. The van der Waals surface area contributed by atoms with E-state index in [9.17, 15) is 91.0 Å². The first kappa shape index (κ1) is 58.9. The monoisotopic (exact) mass is 1040 g/mol. The summed E-state index contributed by atoms with van der Waals surface area (Å²) in [6.45, 7) is -3.23. The number of rotatable bonds is 20. The van der Waals surface area contributed by atoms with E-state index in [1.54, 1.807) is 0 Å². The number of carboxylic acids is 1. The zero-order chi connectivity index (χ0) is 52.8. The molecule has 5 heterocycles. The Hall–Kier alpha value is -3.03. The SMILES string of the molecule is C#CCO[C@@H]1O[C@H](CO)[C@@H](O[C@@H]2O[C@H](CO)[C@H](O)[C@H](O[C@@H]3O[C@H](CO)[C@@H](O[C@@H]4O[C@H](CO[C@]5(C(=O)O)C[C@H](O)[C@@H](NC(C)=O)[C@H]([C@H](O)[C@H](O)CO)O5)[C@H](O)[C@H](O)[C@H]4O)[C@H](O)[C@H]3NC(C)=O)[C@H]2O)[C@H](O)[C@H]1N. The zero-order valence-corrected chi connectivity index (χ0v) is 38.1. The number of aliphatic carboxylic acids is 1. The van der Waals surface area contributed by atoms with Crippen LogP contribution in [0.2, 0.25) is 0 Å². The van der Waals surface area contributed by atoms with E-state index < -0.39 is 216 Å². The van der Waals surface area contributed by atoms with E-state index in [-0.39, 0.29) is 6.61 Å². The minimum absolute atomic E-state index is 0.282. The molecule has 71 heavy (non-hydrogen) atoms. The Morgan fingerprint density at radius 1 is 0.676 bits per heavy atom. The molecule has 0 aromatic carbocycles. The highest BCUT2D eigenvalue weighted by Crippen LogP contribution is 2.37. The summed E-state index contributed by atoms with van der Waals surface area (Å²) in [7, 11) is 0. The van der Waals surface area contributed by atoms with E-state index in [2.05, 4.69) is 16.6 Å². The lowest BCUT2D eigenvalue weighted by atomic mass is 9.88. The summed E-state index contributed by atoms with van der Waals surface area (Å²) in [4.78, 5) is 37.2. The van der Waals surface area contributed by atoms with Crippen molar-refractivity contribution >= 4 is 17.8 Å². The van der Waals surface area contributed by atoms with Gasteiger partial charge in [-0.1, -0.05) is 5.92 Å². The summed E-state index contributed by atoms with van der Waals surface area (Å²) >= 11 is 0. The van der Waals surface area contributed by atoms with Crippen LogP contribution in [0.3, 0.4) is 0 Å². The average Bonchev–Trinajstić information content (AvgIpc) is 3.33. The number of carbonyl (C=O) groups is 3. The Labute approximate surface area is 403 Å². The highest BCUT2D eigenvalue weighted by Gasteiger charge is 2.59. The quantitative estimate of drug-likeness (QED) is 0.0504. The van der Waals surface area contributed by atoms with E-state index in [1.165, 1.54) is 0 Å². The number of carbonyl (C=O) groups excluding carboxylic acids is 2. The third kappa shape index (κ3) is 13.1. The van der Waals surface area contributed by atoms with Crippen LogP contribution < -0.4 is 16.4 Å². The van der Waals surface area contributed by atoms with Gasteiger partial charge in [-0.05, 0) is 0 Å². The minimum atomic E-state index is -2.96. The number of hydrogen-bond acceptors (Lipinski definition) is 28. The Kier molecular flexibility index (Phi) is 21.1. The third-order valence-corrected chi connectivity index (χ3v) is 12.5. The van der Waals surface area contributed by atoms with Crippen molar-refractivity contribution in [3.8, 4) is 12.3 Å². The van der Waals surface area contributed by atoms with Gasteiger partial charge in [0.1, 0.15) is 116 Å². The predicted octanol–water partition coefficient (Wildman–Crippen LogP) is -11.8. The molecule has 0 aliphatic carbocycles. The Morgan fingerprint density at radius 3 is 1.75 bits per heavy atom. The molecule has 31 nitrogen and oxygen atoms in total. The van der Waals surface area contributed by atoms with Crippen LogP contribution in [0.1, 0.15) is 20.3 Å². The van der Waals surface area contributed by atoms with Gasteiger partial charge in [0.25, 0.3) is 5.79 Å². The lowest BCUT2D eigenvalue weighted by molar-refractivity contribution is -0.379. The third-order valence-electron chi connectivity index (χ3n) is 12.5. The van der Waals surface area contributed by atoms with E-state index in [4.69, 9.17) is 59.5 Å². The van der Waals surface area contributed by atoms with Gasteiger partial charge in [0, 0.05) is 20.3 Å². The van der Waals surface area contributed by atoms with Crippen LogP contribution >= 0.6 is 0 Å². The van der Waals surface area contributed by atoms with Gasteiger partial charge in [-0.25, -0.2) is 4.79 Å². The van der Waals surface area contributed by atoms with Gasteiger partial charge in [0.2, 0.25) is 11.8 Å². The van der Waals surface area contributed by atoms with Gasteiger partial charge in [0.05, 0.1) is 51.2 Å². The van der Waals surface area contributed by atoms with Gasteiger partial charge in [-0.3, -0.25) is 9.59 Å². The second kappa shape index (κ2) is 25.5. The molecular weight excluding hydrogens is 970 g/mol. The van der Waals surface area contributed by atoms with Gasteiger partial charge < -0.3 is 140 Å². The fourth-order valence-corrected chi connectivity index (χ4v) is 8.73. The topological polar surface area (TPSA) is 497 Å². The van der Waals surface area contributed by atoms with Gasteiger partial charge in [0.15, 0.2) is 25.2 Å². The number of nitrogens with two attached hydrogens (primary N) is 1. The van der Waals surface area contributed by atoms with Gasteiger partial charge in [-0.2, -0.15) is 0 Å². The first-order valence-electron chi connectivity index (χ1n) is 22.2. The molecule has 0 spiro atoms. The Morgan fingerprint density at radius 2 is 1.20 bits per heavy atom. The van der Waals surface area contributed by atoms with E-state index in [1.807, 2.05) is 0 Å². The number of ether oxygens (including phenoxy) is 10. The van der Waals surface area contributed by atoms with Crippen molar-refractivity contribution in [3.05, 3.63) is 0 Å². The molecule has 19 N–H and O–H groups in total. The van der Waals surface area contributed by atoms with Crippen molar-refractivity contribution < 1.29 is 138 Å². The number of hydrogen-bond donors (Lipinski definition) is 18. The molecule has 5 aliphatic heterocycles. The van der Waals surface area contributed by atoms with Crippen LogP contribution in [0.25, 0.3) is 0 Å².